The number of nitrogens with zero attached hydrogens (tertiary/aromatic N) is 2. The predicted molar refractivity (Wildman–Crippen MR) is 98.1 cm³/mol. The highest BCUT2D eigenvalue weighted by Crippen LogP contribution is 2.09. The number of amidine groups is 2. The molecule has 0 fully saturated rings. The first-order valence-electron chi connectivity index (χ1n) is 6.89. The second kappa shape index (κ2) is 8.37. The minimum Gasteiger partial charge on any atom is -0.478 e. The third-order valence-electron chi connectivity index (χ3n) is 3.36. The molecule has 0 amide bonds. The first-order valence-corrected chi connectivity index (χ1v) is 6.89. The number of quaternary nitrogens is 2. The van der Waals surface area contributed by atoms with Gasteiger partial charge in [0, 0.05) is 11.1 Å². The number of carbonyl (C=O) groups is 2. The molecule has 0 unspecified atom stereocenters. The lowest BCUT2D eigenvalue weighted by atomic mass is 10.1. The van der Waals surface area contributed by atoms with Crippen molar-refractivity contribution in [3.63, 3.8) is 0 Å². The highest BCUT2D eigenvalue weighted by atomic mass is 16.4. The molecular weight excluding hydrogens is 340 g/mol. The Labute approximate surface area is 148 Å². The van der Waals surface area contributed by atoms with Gasteiger partial charge in [-0.2, -0.15) is 10.2 Å². The number of hydrogen-bond donors (Lipinski definition) is 6. The molecule has 0 aliphatic carbocycles. The summed E-state index contributed by atoms with van der Waals surface area (Å²) in [6.07, 6.45) is 0. The minimum absolute atomic E-state index is 0. The van der Waals surface area contributed by atoms with Crippen molar-refractivity contribution in [3.8, 4) is 0 Å². The van der Waals surface area contributed by atoms with Crippen LogP contribution in [0, 0.1) is 0 Å². The van der Waals surface area contributed by atoms with Crippen molar-refractivity contribution >= 4 is 23.6 Å². The van der Waals surface area contributed by atoms with Crippen LogP contribution in [0.15, 0.2) is 58.7 Å². The van der Waals surface area contributed by atoms with Crippen molar-refractivity contribution in [2.24, 2.45) is 10.2 Å². The van der Waals surface area contributed by atoms with Crippen LogP contribution in [0.25, 0.3) is 0 Å². The Morgan fingerprint density at radius 1 is 0.654 bits per heavy atom. The average molecular weight is 360 g/mol. The van der Waals surface area contributed by atoms with Gasteiger partial charge in [0.2, 0.25) is 0 Å². The third kappa shape index (κ3) is 4.20. The second-order valence-electron chi connectivity index (χ2n) is 4.91. The van der Waals surface area contributed by atoms with E-state index < -0.39 is 11.9 Å². The van der Waals surface area contributed by atoms with Gasteiger partial charge in [0.15, 0.2) is 11.7 Å². The minimum atomic E-state index is -0.997. The van der Waals surface area contributed by atoms with Gasteiger partial charge in [-0.05, 0) is 24.3 Å². The van der Waals surface area contributed by atoms with Gasteiger partial charge in [0.25, 0.3) is 0 Å². The maximum absolute atomic E-state index is 10.8. The van der Waals surface area contributed by atoms with E-state index in [2.05, 4.69) is 21.1 Å². The summed E-state index contributed by atoms with van der Waals surface area (Å²) in [7, 11) is 0. The highest BCUT2D eigenvalue weighted by molar-refractivity contribution is 6.06. The van der Waals surface area contributed by atoms with Crippen molar-refractivity contribution in [1.82, 2.24) is 23.2 Å². The zero-order chi connectivity index (χ0) is 17.1. The molecule has 1 aliphatic rings. The van der Waals surface area contributed by atoms with Gasteiger partial charge in [0.1, 0.15) is 0 Å². The van der Waals surface area contributed by atoms with E-state index in [0.29, 0.717) is 22.8 Å². The molecule has 2 aromatic rings. The van der Waals surface area contributed by atoms with Crippen LogP contribution in [0.2, 0.25) is 0 Å². The molecule has 0 saturated heterocycles. The van der Waals surface area contributed by atoms with Crippen molar-refractivity contribution in [2.45, 2.75) is 0 Å². The molecule has 0 bridgehead atoms. The van der Waals surface area contributed by atoms with E-state index >= 15 is 0 Å². The van der Waals surface area contributed by atoms with E-state index in [1.807, 2.05) is 0 Å². The van der Waals surface area contributed by atoms with Gasteiger partial charge in [0.05, 0.1) is 11.1 Å². The van der Waals surface area contributed by atoms with E-state index in [1.54, 1.807) is 24.3 Å². The van der Waals surface area contributed by atoms with E-state index in [-0.39, 0.29) is 23.4 Å². The van der Waals surface area contributed by atoms with Crippen molar-refractivity contribution in [2.75, 3.05) is 0 Å². The Bertz CT molecular complexity index is 786. The van der Waals surface area contributed by atoms with Gasteiger partial charge < -0.3 is 22.5 Å². The van der Waals surface area contributed by atoms with Crippen LogP contribution in [-0.4, -0.2) is 33.8 Å². The monoisotopic (exact) mass is 360 g/mol. The van der Waals surface area contributed by atoms with Crippen LogP contribution >= 0.6 is 0 Å². The fourth-order valence-corrected chi connectivity index (χ4v) is 2.07. The predicted octanol–water partition coefficient (Wildman–Crippen LogP) is 2.05. The summed E-state index contributed by atoms with van der Waals surface area (Å²) in [6, 6.07) is 12.4. The number of rotatable bonds is 4. The molecule has 1 heterocycles. The van der Waals surface area contributed by atoms with Crippen LogP contribution in [0.4, 0.5) is 0 Å². The van der Waals surface area contributed by atoms with E-state index in [4.69, 9.17) is 10.2 Å². The van der Waals surface area contributed by atoms with Crippen LogP contribution in [0.5, 0.6) is 0 Å². The molecule has 10 heteroatoms. The molecule has 0 radical (unpaired) electrons. The first-order chi connectivity index (χ1) is 11.5. The molecule has 0 aromatic heterocycles. The standard InChI is InChI=1S/C16H12N4O4.2H3N/c21-15(22)11-5-1-9(2-6-11)13-17-19-14(20-18-13)10-3-7-12(8-4-10)16(23)24;;/h1-8H,(H,17,18)(H,19,20)(H,21,22)(H,23,24);2*1H3/p+2. The Morgan fingerprint density at radius 2 is 0.962 bits per heavy atom. The number of carboxylic acids is 2. The maximum atomic E-state index is 10.8. The summed E-state index contributed by atoms with van der Waals surface area (Å²) in [5.74, 6) is -1.11. The normalized spacial score (nSPS) is 12.2. The van der Waals surface area contributed by atoms with E-state index in [9.17, 15) is 9.59 Å². The molecular formula is C16H20N6O4+2. The molecule has 136 valence electrons. The molecule has 1 aliphatic heterocycles. The summed E-state index contributed by atoms with van der Waals surface area (Å²) in [6.45, 7) is 0. The van der Waals surface area contributed by atoms with E-state index in [1.165, 1.54) is 24.3 Å². The first kappa shape index (κ1) is 20.3. The summed E-state index contributed by atoms with van der Waals surface area (Å²) < 4.78 is 0. The van der Waals surface area contributed by atoms with Crippen molar-refractivity contribution < 1.29 is 19.8 Å². The molecule has 10 nitrogen and oxygen atoms in total. The summed E-state index contributed by atoms with van der Waals surface area (Å²) >= 11 is 0. The van der Waals surface area contributed by atoms with Gasteiger partial charge >= 0.3 is 11.9 Å². The lowest BCUT2D eigenvalue weighted by Crippen LogP contribution is -2.34. The second-order valence-corrected chi connectivity index (χ2v) is 4.91. The van der Waals surface area contributed by atoms with Crippen molar-refractivity contribution in [1.29, 1.82) is 0 Å². The smallest absolute Gasteiger partial charge is 0.335 e. The van der Waals surface area contributed by atoms with Gasteiger partial charge in [-0.25, -0.2) is 9.59 Å². The average Bonchev–Trinajstić information content (AvgIpc) is 2.62. The van der Waals surface area contributed by atoms with Crippen LogP contribution < -0.4 is 23.2 Å². The third-order valence-corrected chi connectivity index (χ3v) is 3.36. The number of nitrogens with one attached hydrogen (secondary N) is 2. The SMILES string of the molecule is O=C(O)c1ccc(C2=NNC(c3ccc(C(=O)O)cc3)=NN2)cc1.[NH4+].[NH4+]. The zero-order valence-corrected chi connectivity index (χ0v) is 14.2. The Balaban J connectivity index is 0.00000169. The van der Waals surface area contributed by atoms with Gasteiger partial charge in [-0.1, -0.05) is 24.3 Å². The Hall–Kier alpha value is -3.76. The molecule has 2 aromatic carbocycles. The molecule has 26 heavy (non-hydrogen) atoms. The quantitative estimate of drug-likeness (QED) is 0.482. The van der Waals surface area contributed by atoms with Crippen LogP contribution in [0.1, 0.15) is 31.8 Å². The summed E-state index contributed by atoms with van der Waals surface area (Å²) in [5, 5.41) is 26.1. The lowest BCUT2D eigenvalue weighted by molar-refractivity contribution is 0.0686. The van der Waals surface area contributed by atoms with Crippen molar-refractivity contribution in [3.05, 3.63) is 70.8 Å². The Kier molecular flexibility index (Phi) is 6.53. The highest BCUT2D eigenvalue weighted by Gasteiger charge is 2.13. The van der Waals surface area contributed by atoms with Crippen LogP contribution in [-0.2, 0) is 0 Å². The fourth-order valence-electron chi connectivity index (χ4n) is 2.07. The van der Waals surface area contributed by atoms with Gasteiger partial charge in [-0.3, -0.25) is 10.9 Å². The molecule has 12 N–H and O–H groups in total. The maximum Gasteiger partial charge on any atom is 0.335 e. The molecule has 0 spiro atoms. The Morgan fingerprint density at radius 3 is 1.19 bits per heavy atom. The van der Waals surface area contributed by atoms with Gasteiger partial charge in [-0.15, -0.1) is 0 Å². The fraction of sp³-hybridized carbons (Fsp3) is 0. The van der Waals surface area contributed by atoms with Crippen LogP contribution in [0.3, 0.4) is 0 Å². The zero-order valence-electron chi connectivity index (χ0n) is 14.2. The van der Waals surface area contributed by atoms with E-state index in [0.717, 1.165) is 0 Å². The molecule has 3 rings (SSSR count). The molecule has 0 atom stereocenters. The molecule has 0 saturated carbocycles. The largest absolute Gasteiger partial charge is 0.478 e. The number of hydrazone groups is 2. The summed E-state index contributed by atoms with van der Waals surface area (Å²) in [5.41, 5.74) is 7.29. The lowest BCUT2D eigenvalue weighted by Gasteiger charge is -2.15. The topological polar surface area (TPSA) is 196 Å². The summed E-state index contributed by atoms with van der Waals surface area (Å²) in [4.78, 5) is 21.7. The number of carboxylic acid groups (broad SMARTS) is 2. The number of hydrogen-bond acceptors (Lipinski definition) is 6. The number of aromatic carboxylic acids is 2. The number of benzene rings is 2.